The second kappa shape index (κ2) is 5.62. The summed E-state index contributed by atoms with van der Waals surface area (Å²) in [7, 11) is 0. The number of hydrogen-bond donors (Lipinski definition) is 2. The minimum atomic E-state index is -0.148. The molecule has 94 valence electrons. The van der Waals surface area contributed by atoms with Gasteiger partial charge in [-0.2, -0.15) is 15.4 Å². The number of aromatic nitrogens is 3. The van der Waals surface area contributed by atoms with Crippen LogP contribution < -0.4 is 5.32 Å². The fraction of sp³-hybridized carbons (Fsp3) is 0.727. The van der Waals surface area contributed by atoms with Crippen molar-refractivity contribution in [2.75, 3.05) is 11.9 Å². The largest absolute Gasteiger partial charge is 0.350 e. The van der Waals surface area contributed by atoms with Crippen molar-refractivity contribution < 1.29 is 4.79 Å². The Balaban J connectivity index is 1.89. The summed E-state index contributed by atoms with van der Waals surface area (Å²) in [5.74, 6) is -0.148. The van der Waals surface area contributed by atoms with Gasteiger partial charge in [0.25, 0.3) is 5.91 Å². The summed E-state index contributed by atoms with van der Waals surface area (Å²) in [6, 6.07) is 0. The molecule has 1 saturated carbocycles. The highest BCUT2D eigenvalue weighted by Crippen LogP contribution is 2.37. The first kappa shape index (κ1) is 12.5. The number of nitrogens with zero attached hydrogens (tertiary/aromatic N) is 2. The van der Waals surface area contributed by atoms with Crippen LogP contribution in [0.15, 0.2) is 6.20 Å². The van der Waals surface area contributed by atoms with Crippen LogP contribution in [0.2, 0.25) is 0 Å². The molecule has 0 aromatic carbocycles. The van der Waals surface area contributed by atoms with Crippen LogP contribution in [-0.2, 0) is 0 Å². The Morgan fingerprint density at radius 3 is 2.82 bits per heavy atom. The smallest absolute Gasteiger partial charge is 0.273 e. The van der Waals surface area contributed by atoms with Crippen LogP contribution in [-0.4, -0.2) is 33.2 Å². The van der Waals surface area contributed by atoms with Gasteiger partial charge in [-0.3, -0.25) is 4.79 Å². The van der Waals surface area contributed by atoms with Crippen LogP contribution in [0.5, 0.6) is 0 Å². The van der Waals surface area contributed by atoms with E-state index in [9.17, 15) is 4.79 Å². The quantitative estimate of drug-likeness (QED) is 0.834. The molecular weight excluding hydrogens is 284 g/mol. The molecule has 17 heavy (non-hydrogen) atoms. The lowest BCUT2D eigenvalue weighted by Gasteiger charge is -2.35. The van der Waals surface area contributed by atoms with E-state index in [0.717, 1.165) is 5.33 Å². The van der Waals surface area contributed by atoms with Gasteiger partial charge < -0.3 is 5.32 Å². The number of halogens is 1. The van der Waals surface area contributed by atoms with Gasteiger partial charge in [0, 0.05) is 11.9 Å². The molecule has 2 N–H and O–H groups in total. The molecule has 1 aliphatic rings. The van der Waals surface area contributed by atoms with Crippen molar-refractivity contribution in [3.8, 4) is 0 Å². The first-order chi connectivity index (χ1) is 8.26. The number of aromatic amines is 1. The molecule has 1 aliphatic carbocycles. The van der Waals surface area contributed by atoms with E-state index in [1.165, 1.54) is 38.3 Å². The second-order valence-electron chi connectivity index (χ2n) is 4.73. The topological polar surface area (TPSA) is 70.7 Å². The highest BCUT2D eigenvalue weighted by Gasteiger charge is 2.31. The fourth-order valence-electron chi connectivity index (χ4n) is 2.33. The van der Waals surface area contributed by atoms with Crippen LogP contribution in [0.4, 0.5) is 0 Å². The predicted molar refractivity (Wildman–Crippen MR) is 68.0 cm³/mol. The summed E-state index contributed by atoms with van der Waals surface area (Å²) in [6.45, 7) is 0.712. The van der Waals surface area contributed by atoms with Gasteiger partial charge in [-0.1, -0.05) is 35.2 Å². The van der Waals surface area contributed by atoms with Crippen molar-refractivity contribution >= 4 is 21.8 Å². The summed E-state index contributed by atoms with van der Waals surface area (Å²) in [5, 5.41) is 13.7. The van der Waals surface area contributed by atoms with Crippen LogP contribution >= 0.6 is 15.9 Å². The standard InChI is InChI=1S/C11H17BrN4O/c12-7-11(4-2-1-3-5-11)8-13-10(17)9-6-14-16-15-9/h6H,1-5,7-8H2,(H,13,17)(H,14,15,16). The highest BCUT2D eigenvalue weighted by molar-refractivity contribution is 9.09. The molecule has 0 aliphatic heterocycles. The maximum atomic E-state index is 11.8. The molecule has 0 unspecified atom stereocenters. The minimum Gasteiger partial charge on any atom is -0.350 e. The van der Waals surface area contributed by atoms with E-state index in [0.29, 0.717) is 12.2 Å². The first-order valence-electron chi connectivity index (χ1n) is 5.96. The minimum absolute atomic E-state index is 0.148. The lowest BCUT2D eigenvalue weighted by molar-refractivity contribution is 0.0917. The third kappa shape index (κ3) is 3.06. The zero-order valence-electron chi connectivity index (χ0n) is 9.71. The molecule has 0 saturated heterocycles. The van der Waals surface area contributed by atoms with E-state index in [1.54, 1.807) is 0 Å². The summed E-state index contributed by atoms with van der Waals surface area (Å²) >= 11 is 3.58. The number of hydrogen-bond acceptors (Lipinski definition) is 3. The van der Waals surface area contributed by atoms with Gasteiger partial charge in [-0.05, 0) is 18.3 Å². The Morgan fingerprint density at radius 2 is 2.24 bits per heavy atom. The third-order valence-electron chi connectivity index (χ3n) is 3.47. The number of amides is 1. The second-order valence-corrected chi connectivity index (χ2v) is 5.29. The number of rotatable bonds is 4. The lowest BCUT2D eigenvalue weighted by atomic mass is 9.75. The van der Waals surface area contributed by atoms with Crippen LogP contribution in [0, 0.1) is 5.41 Å². The Labute approximate surface area is 109 Å². The number of nitrogens with one attached hydrogen (secondary N) is 2. The average Bonchev–Trinajstić information content (AvgIpc) is 2.91. The maximum absolute atomic E-state index is 11.8. The molecule has 0 atom stereocenters. The molecule has 1 aromatic heterocycles. The van der Waals surface area contributed by atoms with Gasteiger partial charge in [-0.15, -0.1) is 0 Å². The summed E-state index contributed by atoms with van der Waals surface area (Å²) in [5.41, 5.74) is 0.572. The van der Waals surface area contributed by atoms with E-state index < -0.39 is 0 Å². The molecule has 5 nitrogen and oxygen atoms in total. The van der Waals surface area contributed by atoms with Gasteiger partial charge in [0.15, 0.2) is 5.69 Å². The Bertz CT molecular complexity index is 360. The van der Waals surface area contributed by atoms with Crippen LogP contribution in [0.1, 0.15) is 42.6 Å². The van der Waals surface area contributed by atoms with Crippen molar-refractivity contribution in [3.05, 3.63) is 11.9 Å². The van der Waals surface area contributed by atoms with Gasteiger partial charge in [0.2, 0.25) is 0 Å². The van der Waals surface area contributed by atoms with Crippen molar-refractivity contribution in [1.82, 2.24) is 20.7 Å². The van der Waals surface area contributed by atoms with E-state index >= 15 is 0 Å². The molecule has 0 spiro atoms. The van der Waals surface area contributed by atoms with Crippen molar-refractivity contribution in [3.63, 3.8) is 0 Å². The number of H-pyrrole nitrogens is 1. The fourth-order valence-corrected chi connectivity index (χ4v) is 3.09. The highest BCUT2D eigenvalue weighted by atomic mass is 79.9. The first-order valence-corrected chi connectivity index (χ1v) is 7.08. The third-order valence-corrected chi connectivity index (χ3v) is 4.66. The Kier molecular flexibility index (Phi) is 4.15. The van der Waals surface area contributed by atoms with Gasteiger partial charge in [0.1, 0.15) is 0 Å². The van der Waals surface area contributed by atoms with E-state index in [4.69, 9.17) is 0 Å². The maximum Gasteiger partial charge on any atom is 0.273 e. The molecule has 1 amide bonds. The molecule has 6 heteroatoms. The van der Waals surface area contributed by atoms with Crippen LogP contribution in [0.3, 0.4) is 0 Å². The molecule has 1 heterocycles. The summed E-state index contributed by atoms with van der Waals surface area (Å²) in [6.07, 6.45) is 7.62. The molecular formula is C11H17BrN4O. The number of alkyl halides is 1. The van der Waals surface area contributed by atoms with Gasteiger partial charge >= 0.3 is 0 Å². The Hall–Kier alpha value is -0.910. The monoisotopic (exact) mass is 300 g/mol. The van der Waals surface area contributed by atoms with Crippen molar-refractivity contribution in [2.24, 2.45) is 5.41 Å². The molecule has 2 rings (SSSR count). The molecule has 0 radical (unpaired) electrons. The molecule has 1 fully saturated rings. The van der Waals surface area contributed by atoms with Gasteiger partial charge in [-0.25, -0.2) is 0 Å². The van der Waals surface area contributed by atoms with E-state index in [1.807, 2.05) is 0 Å². The van der Waals surface area contributed by atoms with E-state index in [-0.39, 0.29) is 11.3 Å². The number of carbonyl (C=O) groups excluding carboxylic acids is 1. The van der Waals surface area contributed by atoms with Gasteiger partial charge in [0.05, 0.1) is 6.20 Å². The normalized spacial score (nSPS) is 18.9. The average molecular weight is 301 g/mol. The summed E-state index contributed by atoms with van der Waals surface area (Å²) < 4.78 is 0. The number of carbonyl (C=O) groups is 1. The Morgan fingerprint density at radius 1 is 1.47 bits per heavy atom. The molecule has 0 bridgehead atoms. The zero-order valence-corrected chi connectivity index (χ0v) is 11.3. The van der Waals surface area contributed by atoms with Crippen molar-refractivity contribution in [2.45, 2.75) is 32.1 Å². The van der Waals surface area contributed by atoms with Crippen molar-refractivity contribution in [1.29, 1.82) is 0 Å². The SMILES string of the molecule is O=C(NCC1(CBr)CCCCC1)c1cn[nH]n1. The predicted octanol–water partition coefficient (Wildman–Crippen LogP) is 1.88. The van der Waals surface area contributed by atoms with Crippen LogP contribution in [0.25, 0.3) is 0 Å². The zero-order chi connectivity index (χ0) is 12.1. The lowest BCUT2D eigenvalue weighted by Crippen LogP contribution is -2.40. The molecule has 1 aromatic rings. The van der Waals surface area contributed by atoms with E-state index in [2.05, 4.69) is 36.7 Å². The summed E-state index contributed by atoms with van der Waals surface area (Å²) in [4.78, 5) is 11.8.